The number of nitrogens with zero attached hydrogens (tertiary/aromatic N) is 1. The van der Waals surface area contributed by atoms with E-state index in [0.29, 0.717) is 4.88 Å². The zero-order chi connectivity index (χ0) is 16.5. The average Bonchev–Trinajstić information content (AvgIpc) is 2.97. The van der Waals surface area contributed by atoms with Gasteiger partial charge >= 0.3 is 0 Å². The molecule has 3 nitrogen and oxygen atoms in total. The summed E-state index contributed by atoms with van der Waals surface area (Å²) in [6.45, 7) is 6.83. The van der Waals surface area contributed by atoms with Crippen LogP contribution in [0.25, 0.3) is 0 Å². The fraction of sp³-hybridized carbons (Fsp3) is 0.438. The summed E-state index contributed by atoms with van der Waals surface area (Å²) < 4.78 is 32.9. The number of hydrogen-bond acceptors (Lipinski definition) is 4. The van der Waals surface area contributed by atoms with Crippen molar-refractivity contribution in [2.75, 3.05) is 6.61 Å². The molecule has 0 radical (unpaired) electrons. The molecule has 6 heteroatoms. The van der Waals surface area contributed by atoms with E-state index in [1.54, 1.807) is 11.7 Å². The van der Waals surface area contributed by atoms with Crippen molar-refractivity contribution in [3.63, 3.8) is 0 Å². The van der Waals surface area contributed by atoms with E-state index in [-0.39, 0.29) is 17.9 Å². The van der Waals surface area contributed by atoms with Crippen LogP contribution in [0.2, 0.25) is 0 Å². The number of aliphatic hydroxyl groups is 1. The number of aryl methyl sites for hydroxylation is 1. The van der Waals surface area contributed by atoms with E-state index in [1.165, 1.54) is 30.4 Å². The van der Waals surface area contributed by atoms with Gasteiger partial charge in [0.2, 0.25) is 5.82 Å². The third kappa shape index (κ3) is 2.98. The molecule has 0 fully saturated rings. The van der Waals surface area contributed by atoms with E-state index in [4.69, 9.17) is 4.74 Å². The summed E-state index contributed by atoms with van der Waals surface area (Å²) in [5.41, 5.74) is -0.113. The Morgan fingerprint density at radius 3 is 2.45 bits per heavy atom. The van der Waals surface area contributed by atoms with Gasteiger partial charge in [-0.3, -0.25) is 4.98 Å². The summed E-state index contributed by atoms with van der Waals surface area (Å²) in [4.78, 5) is 4.59. The first kappa shape index (κ1) is 16.8. The second kappa shape index (κ2) is 5.93. The highest BCUT2D eigenvalue weighted by Gasteiger charge is 2.44. The second-order valence-corrected chi connectivity index (χ2v) is 7.16. The maximum atomic E-state index is 13.9. The molecule has 1 heterocycles. The van der Waals surface area contributed by atoms with Crippen molar-refractivity contribution >= 4 is 11.3 Å². The van der Waals surface area contributed by atoms with E-state index in [2.05, 4.69) is 4.98 Å². The molecule has 0 saturated heterocycles. The van der Waals surface area contributed by atoms with E-state index >= 15 is 0 Å². The van der Waals surface area contributed by atoms with Crippen LogP contribution in [0.3, 0.4) is 0 Å². The van der Waals surface area contributed by atoms with Crippen molar-refractivity contribution in [1.29, 1.82) is 0 Å². The van der Waals surface area contributed by atoms with Crippen LogP contribution >= 0.6 is 11.3 Å². The third-order valence-corrected chi connectivity index (χ3v) is 4.68. The molecule has 2 aromatic rings. The van der Waals surface area contributed by atoms with Crippen molar-refractivity contribution in [3.05, 3.63) is 45.9 Å². The van der Waals surface area contributed by atoms with Crippen LogP contribution in [0, 0.1) is 24.0 Å². The molecule has 0 aliphatic heterocycles. The molecule has 1 atom stereocenters. The standard InChI is InChI=1S/C16H19F2NO2S/c1-10-5-6-11(14(18)13(10)17)21-8-16(20,15(2,3)4)12-7-19-9-22-12/h5-7,9,20H,8H2,1-4H3. The third-order valence-electron chi connectivity index (χ3n) is 3.76. The highest BCUT2D eigenvalue weighted by atomic mass is 32.1. The van der Waals surface area contributed by atoms with Gasteiger partial charge in [0.05, 0.1) is 10.4 Å². The maximum Gasteiger partial charge on any atom is 0.200 e. The van der Waals surface area contributed by atoms with Crippen LogP contribution in [0.4, 0.5) is 8.78 Å². The Hall–Kier alpha value is -1.53. The summed E-state index contributed by atoms with van der Waals surface area (Å²) in [7, 11) is 0. The maximum absolute atomic E-state index is 13.9. The summed E-state index contributed by atoms with van der Waals surface area (Å²) in [6.07, 6.45) is 1.56. The van der Waals surface area contributed by atoms with Crippen molar-refractivity contribution in [2.45, 2.75) is 33.3 Å². The molecular formula is C16H19F2NO2S. The Balaban J connectivity index is 2.29. The van der Waals surface area contributed by atoms with Gasteiger partial charge in [-0.2, -0.15) is 4.39 Å². The number of hydrogen-bond donors (Lipinski definition) is 1. The number of aromatic nitrogens is 1. The quantitative estimate of drug-likeness (QED) is 0.921. The molecule has 0 aliphatic rings. The van der Waals surface area contributed by atoms with Crippen LogP contribution < -0.4 is 4.74 Å². The molecular weight excluding hydrogens is 308 g/mol. The summed E-state index contributed by atoms with van der Waals surface area (Å²) in [6, 6.07) is 2.81. The van der Waals surface area contributed by atoms with Crippen LogP contribution in [-0.4, -0.2) is 16.7 Å². The van der Waals surface area contributed by atoms with Gasteiger partial charge in [-0.25, -0.2) is 4.39 Å². The summed E-state index contributed by atoms with van der Waals surface area (Å²) in [5, 5.41) is 11.0. The highest BCUT2D eigenvalue weighted by Crippen LogP contribution is 2.41. The minimum atomic E-state index is -1.36. The summed E-state index contributed by atoms with van der Waals surface area (Å²) >= 11 is 1.29. The van der Waals surface area contributed by atoms with E-state index < -0.39 is 22.7 Å². The molecule has 1 aromatic carbocycles. The minimum Gasteiger partial charge on any atom is -0.487 e. The predicted octanol–water partition coefficient (Wildman–Crippen LogP) is 4.04. The smallest absolute Gasteiger partial charge is 0.200 e. The lowest BCUT2D eigenvalue weighted by atomic mass is 9.76. The van der Waals surface area contributed by atoms with E-state index in [0.717, 1.165) is 0 Å². The van der Waals surface area contributed by atoms with Crippen molar-refractivity contribution < 1.29 is 18.6 Å². The molecule has 0 saturated carbocycles. The minimum absolute atomic E-state index is 0.196. The zero-order valence-corrected chi connectivity index (χ0v) is 13.8. The van der Waals surface area contributed by atoms with Gasteiger partial charge in [0.1, 0.15) is 12.2 Å². The Morgan fingerprint density at radius 2 is 1.91 bits per heavy atom. The van der Waals surface area contributed by atoms with Gasteiger partial charge in [0.25, 0.3) is 0 Å². The molecule has 120 valence electrons. The van der Waals surface area contributed by atoms with E-state index in [9.17, 15) is 13.9 Å². The molecule has 1 N–H and O–H groups in total. The largest absolute Gasteiger partial charge is 0.487 e. The first-order chi connectivity index (χ1) is 10.2. The first-order valence-electron chi connectivity index (χ1n) is 6.85. The van der Waals surface area contributed by atoms with Gasteiger partial charge in [-0.05, 0) is 24.0 Å². The van der Waals surface area contributed by atoms with Gasteiger partial charge in [-0.15, -0.1) is 11.3 Å². The number of ether oxygens (including phenoxy) is 1. The molecule has 1 aromatic heterocycles. The highest BCUT2D eigenvalue weighted by molar-refractivity contribution is 7.09. The SMILES string of the molecule is Cc1ccc(OCC(O)(c2cncs2)C(C)(C)C)c(F)c1F. The van der Waals surface area contributed by atoms with Crippen molar-refractivity contribution in [3.8, 4) is 5.75 Å². The lowest BCUT2D eigenvalue weighted by Crippen LogP contribution is -2.44. The Labute approximate surface area is 132 Å². The Bertz CT molecular complexity index is 653. The number of halogens is 2. The molecule has 0 amide bonds. The lowest BCUT2D eigenvalue weighted by molar-refractivity contribution is -0.0924. The predicted molar refractivity (Wildman–Crippen MR) is 82.1 cm³/mol. The number of rotatable bonds is 4. The normalized spacial score (nSPS) is 14.7. The van der Waals surface area contributed by atoms with Crippen LogP contribution in [0.5, 0.6) is 5.75 Å². The fourth-order valence-corrected chi connectivity index (χ4v) is 2.92. The molecule has 0 bridgehead atoms. The van der Waals surface area contributed by atoms with Gasteiger partial charge in [-0.1, -0.05) is 26.8 Å². The number of benzene rings is 1. The Kier molecular flexibility index (Phi) is 4.54. The number of thiazole rings is 1. The van der Waals surface area contributed by atoms with Gasteiger partial charge in [0, 0.05) is 6.20 Å². The van der Waals surface area contributed by atoms with Crippen molar-refractivity contribution in [1.82, 2.24) is 4.98 Å². The molecule has 0 spiro atoms. The molecule has 1 unspecified atom stereocenters. The average molecular weight is 327 g/mol. The van der Waals surface area contributed by atoms with Gasteiger partial charge < -0.3 is 9.84 Å². The topological polar surface area (TPSA) is 42.4 Å². The zero-order valence-electron chi connectivity index (χ0n) is 13.0. The molecule has 2 rings (SSSR count). The molecule has 0 aliphatic carbocycles. The summed E-state index contributed by atoms with van der Waals surface area (Å²) in [5.74, 6) is -2.19. The second-order valence-electron chi connectivity index (χ2n) is 6.27. The van der Waals surface area contributed by atoms with Crippen molar-refractivity contribution in [2.24, 2.45) is 5.41 Å². The van der Waals surface area contributed by atoms with Gasteiger partial charge in [0.15, 0.2) is 11.6 Å². The lowest BCUT2D eigenvalue weighted by Gasteiger charge is -2.38. The van der Waals surface area contributed by atoms with Crippen LogP contribution in [-0.2, 0) is 5.60 Å². The molecule has 22 heavy (non-hydrogen) atoms. The Morgan fingerprint density at radius 1 is 1.23 bits per heavy atom. The first-order valence-corrected chi connectivity index (χ1v) is 7.73. The van der Waals surface area contributed by atoms with Crippen LogP contribution in [0.1, 0.15) is 31.2 Å². The van der Waals surface area contributed by atoms with E-state index in [1.807, 2.05) is 20.8 Å². The fourth-order valence-electron chi connectivity index (χ4n) is 2.00. The van der Waals surface area contributed by atoms with Crippen LogP contribution in [0.15, 0.2) is 23.8 Å². The monoisotopic (exact) mass is 327 g/mol.